The molecule has 3 aromatic carbocycles. The van der Waals surface area contributed by atoms with Gasteiger partial charge in [-0.25, -0.2) is 18.1 Å². The van der Waals surface area contributed by atoms with Crippen molar-refractivity contribution in [1.29, 1.82) is 0 Å². The van der Waals surface area contributed by atoms with Crippen molar-refractivity contribution in [2.24, 2.45) is 17.3 Å². The highest BCUT2D eigenvalue weighted by molar-refractivity contribution is 7.90. The third-order valence-corrected chi connectivity index (χ3v) is 15.0. The summed E-state index contributed by atoms with van der Waals surface area (Å²) in [6.45, 7) is 10.2. The minimum atomic E-state index is -4.65. The molecule has 2 aromatic heterocycles. The predicted octanol–water partition coefficient (Wildman–Crippen LogP) is 8.12. The number of aromatic nitrogens is 2. The van der Waals surface area contributed by atoms with Crippen LogP contribution in [0.4, 0.5) is 15.8 Å². The lowest BCUT2D eigenvalue weighted by Gasteiger charge is -2.39. The lowest BCUT2D eigenvalue weighted by molar-refractivity contribution is -0.386. The van der Waals surface area contributed by atoms with Crippen LogP contribution in [0.2, 0.25) is 5.02 Å². The topological polar surface area (TPSA) is 172 Å². The second kappa shape index (κ2) is 19.0. The van der Waals surface area contributed by atoms with Gasteiger partial charge >= 0.3 is 5.69 Å². The van der Waals surface area contributed by atoms with Gasteiger partial charge in [-0.1, -0.05) is 43.2 Å². The first-order valence-corrected chi connectivity index (χ1v) is 24.1. The van der Waals surface area contributed by atoms with Crippen LogP contribution in [0.5, 0.6) is 17.2 Å². The first kappa shape index (κ1) is 45.6. The predicted molar refractivity (Wildman–Crippen MR) is 250 cm³/mol. The van der Waals surface area contributed by atoms with Crippen LogP contribution in [0.15, 0.2) is 95.7 Å². The quantitative estimate of drug-likeness (QED) is 0.0764. The number of ether oxygens (including phenoxy) is 3. The number of benzene rings is 3. The van der Waals surface area contributed by atoms with Crippen LogP contribution < -0.4 is 19.1 Å². The first-order chi connectivity index (χ1) is 31.7. The molecule has 3 aliphatic heterocycles. The molecule has 4 aliphatic rings. The number of pyridine rings is 1. The van der Waals surface area contributed by atoms with Crippen molar-refractivity contribution in [2.45, 2.75) is 44.0 Å². The van der Waals surface area contributed by atoms with Gasteiger partial charge in [-0.3, -0.25) is 29.1 Å². The van der Waals surface area contributed by atoms with E-state index < -0.39 is 38.1 Å². The number of nitro benzene ring substituents is 1. The SMILES string of the molecule is CC1(C)CCC(CN2CCN(c3ccc(C(=O)NS(=O)(=O)c4ccc(OC[C@@H]5CN(C6COC6)C[C@H]5CF)c([N+](=O)[O-])c4)c(Oc4cnc5[nH]ccc5c4)c3)CC2)=C(c2ccc(Cl)cc2)C1. The van der Waals surface area contributed by atoms with E-state index in [0.29, 0.717) is 50.8 Å². The molecule has 18 heteroatoms. The number of rotatable bonds is 15. The number of alkyl halides is 1. The highest BCUT2D eigenvalue weighted by Crippen LogP contribution is 2.44. The van der Waals surface area contributed by atoms with Gasteiger partial charge in [0.1, 0.15) is 17.1 Å². The number of carbonyl (C=O) groups is 1. The number of piperazine rings is 1. The zero-order chi connectivity index (χ0) is 46.2. The van der Waals surface area contributed by atoms with Crippen LogP contribution in [0.25, 0.3) is 16.6 Å². The van der Waals surface area contributed by atoms with Crippen LogP contribution in [0.1, 0.15) is 49.0 Å². The highest BCUT2D eigenvalue weighted by Gasteiger charge is 2.39. The number of amides is 1. The van der Waals surface area contributed by atoms with Gasteiger partial charge < -0.3 is 24.1 Å². The van der Waals surface area contributed by atoms with E-state index in [4.69, 9.17) is 25.8 Å². The highest BCUT2D eigenvalue weighted by atomic mass is 35.5. The molecule has 9 rings (SSSR count). The van der Waals surface area contributed by atoms with Crippen molar-refractivity contribution in [3.63, 3.8) is 0 Å². The Morgan fingerprint density at radius 3 is 2.52 bits per heavy atom. The number of likely N-dealkylation sites (tertiary alicyclic amines) is 1. The van der Waals surface area contributed by atoms with Gasteiger partial charge in [-0.2, -0.15) is 0 Å². The molecular formula is C48H53ClFN7O8S. The van der Waals surface area contributed by atoms with Crippen molar-refractivity contribution < 1.29 is 36.7 Å². The maximum atomic E-state index is 14.0. The fourth-order valence-corrected chi connectivity index (χ4v) is 10.5. The van der Waals surface area contributed by atoms with E-state index in [0.717, 1.165) is 67.1 Å². The third kappa shape index (κ3) is 10.0. The molecule has 348 valence electrons. The number of H-pyrrole nitrogens is 1. The van der Waals surface area contributed by atoms with E-state index in [9.17, 15) is 27.7 Å². The number of anilines is 1. The van der Waals surface area contributed by atoms with Gasteiger partial charge in [-0.15, -0.1) is 0 Å². The van der Waals surface area contributed by atoms with E-state index in [1.165, 1.54) is 35.0 Å². The molecule has 0 spiro atoms. The van der Waals surface area contributed by atoms with E-state index in [-0.39, 0.29) is 47.0 Å². The second-order valence-electron chi connectivity index (χ2n) is 18.5. The van der Waals surface area contributed by atoms with Crippen molar-refractivity contribution >= 4 is 55.5 Å². The average molecular weight is 943 g/mol. The van der Waals surface area contributed by atoms with Gasteiger partial charge in [0.05, 0.1) is 54.1 Å². The Hall–Kier alpha value is -5.59. The zero-order valence-electron chi connectivity index (χ0n) is 36.9. The average Bonchev–Trinajstić information content (AvgIpc) is 3.92. The number of halogens is 2. The number of sulfonamides is 1. The van der Waals surface area contributed by atoms with Gasteiger partial charge in [0.25, 0.3) is 15.9 Å². The number of hydrogen-bond acceptors (Lipinski definition) is 12. The summed E-state index contributed by atoms with van der Waals surface area (Å²) < 4.78 is 61.0. The van der Waals surface area contributed by atoms with E-state index in [1.807, 2.05) is 18.2 Å². The van der Waals surface area contributed by atoms with Crippen LogP contribution in [0.3, 0.4) is 0 Å². The number of hydrogen-bond donors (Lipinski definition) is 2. The summed E-state index contributed by atoms with van der Waals surface area (Å²) in [6.07, 6.45) is 6.41. The Kier molecular flexibility index (Phi) is 13.1. The monoisotopic (exact) mass is 941 g/mol. The number of fused-ring (bicyclic) bond motifs is 1. The van der Waals surface area contributed by atoms with E-state index >= 15 is 0 Å². The lowest BCUT2D eigenvalue weighted by atomic mass is 9.72. The molecule has 0 saturated carbocycles. The summed E-state index contributed by atoms with van der Waals surface area (Å²) in [6, 6.07) is 20.1. The number of nitro groups is 1. The van der Waals surface area contributed by atoms with Gasteiger partial charge in [0.2, 0.25) is 0 Å². The molecule has 3 fully saturated rings. The van der Waals surface area contributed by atoms with Crippen molar-refractivity contribution in [3.8, 4) is 17.2 Å². The summed E-state index contributed by atoms with van der Waals surface area (Å²) in [7, 11) is -4.65. The maximum Gasteiger partial charge on any atom is 0.312 e. The smallest absolute Gasteiger partial charge is 0.312 e. The molecule has 0 radical (unpaired) electrons. The molecule has 1 aliphatic carbocycles. The summed E-state index contributed by atoms with van der Waals surface area (Å²) in [5.41, 5.74) is 5.03. The van der Waals surface area contributed by atoms with Gasteiger partial charge in [0.15, 0.2) is 5.75 Å². The van der Waals surface area contributed by atoms with Crippen LogP contribution in [0, 0.1) is 27.4 Å². The van der Waals surface area contributed by atoms with Crippen LogP contribution in [-0.2, 0) is 14.8 Å². The molecule has 2 N–H and O–H groups in total. The Morgan fingerprint density at radius 2 is 1.79 bits per heavy atom. The molecule has 0 unspecified atom stereocenters. The molecule has 5 aromatic rings. The minimum absolute atomic E-state index is 0.00614. The zero-order valence-corrected chi connectivity index (χ0v) is 38.5. The number of allylic oxidation sites excluding steroid dienone is 1. The van der Waals surface area contributed by atoms with Crippen LogP contribution in [-0.4, -0.2) is 117 Å². The maximum absolute atomic E-state index is 14.0. The fourth-order valence-electron chi connectivity index (χ4n) is 9.41. The van der Waals surface area contributed by atoms with E-state index in [2.05, 4.69) is 55.4 Å². The molecule has 2 atom stereocenters. The Balaban J connectivity index is 0.912. The fraction of sp³-hybridized carbons (Fsp3) is 0.417. The molecule has 15 nitrogen and oxygen atoms in total. The van der Waals surface area contributed by atoms with Crippen molar-refractivity contribution in [1.82, 2.24) is 24.5 Å². The lowest BCUT2D eigenvalue weighted by Crippen LogP contribution is -2.48. The standard InChI is InChI=1S/C48H53ClFN7O8S/c1-48(2)13-11-33(42(22-48)31-3-5-36(49)6-4-31)25-54-15-17-55(18-16-54)37-7-9-41(45(20-37)65-39-19-32-12-14-51-46(32)52-24-39)47(58)53-66(61,62)40-8-10-44(43(21-40)57(59)60)64-28-35-27-56(26-34(35)23-50)38-29-63-30-38/h3-10,12,14,19-21,24,34-35,38H,11,13,15-18,22-23,25-30H2,1-2H3,(H,51,52)(H,53,58)/t34-,35+/m1/s1. The Labute approximate surface area is 388 Å². The molecule has 1 amide bonds. The van der Waals surface area contributed by atoms with Crippen molar-refractivity contribution in [2.75, 3.05) is 77.2 Å². The molecule has 5 heterocycles. The normalized spacial score (nSPS) is 20.6. The molecule has 3 saturated heterocycles. The summed E-state index contributed by atoms with van der Waals surface area (Å²) in [5, 5.41) is 13.7. The number of aromatic amines is 1. The van der Waals surface area contributed by atoms with Crippen LogP contribution >= 0.6 is 11.6 Å². The van der Waals surface area contributed by atoms with Crippen molar-refractivity contribution in [3.05, 3.63) is 117 Å². The second-order valence-corrected chi connectivity index (χ2v) is 20.6. The summed E-state index contributed by atoms with van der Waals surface area (Å²) in [4.78, 5) is 39.2. The molecular weight excluding hydrogens is 889 g/mol. The summed E-state index contributed by atoms with van der Waals surface area (Å²) in [5.74, 6) is -1.27. The Morgan fingerprint density at radius 1 is 1.02 bits per heavy atom. The number of nitrogens with zero attached hydrogens (tertiary/aromatic N) is 5. The van der Waals surface area contributed by atoms with E-state index in [1.54, 1.807) is 24.4 Å². The first-order valence-electron chi connectivity index (χ1n) is 22.3. The Bertz CT molecular complexity index is 2760. The van der Waals surface area contributed by atoms with Gasteiger partial charge in [0, 0.05) is 92.1 Å². The summed E-state index contributed by atoms with van der Waals surface area (Å²) >= 11 is 6.24. The van der Waals surface area contributed by atoms with Gasteiger partial charge in [-0.05, 0) is 84.3 Å². The number of carbonyl (C=O) groups excluding carboxylic acids is 1. The molecule has 66 heavy (non-hydrogen) atoms. The minimum Gasteiger partial charge on any atom is -0.486 e. The third-order valence-electron chi connectivity index (χ3n) is 13.4. The molecule has 0 bridgehead atoms. The number of nitrogens with one attached hydrogen (secondary N) is 2. The largest absolute Gasteiger partial charge is 0.486 e.